The number of ether oxygens (including phenoxy) is 1. The number of aryl methyl sites for hydroxylation is 1. The quantitative estimate of drug-likeness (QED) is 0.650. The molecule has 0 bridgehead atoms. The van der Waals surface area contributed by atoms with Gasteiger partial charge >= 0.3 is 0 Å². The summed E-state index contributed by atoms with van der Waals surface area (Å²) in [5, 5.41) is 2.19. The summed E-state index contributed by atoms with van der Waals surface area (Å²) in [6.07, 6.45) is 0. The van der Waals surface area contributed by atoms with E-state index in [1.165, 1.54) is 10.4 Å². The van der Waals surface area contributed by atoms with E-state index < -0.39 is 0 Å². The Kier molecular flexibility index (Phi) is 2.47. The maximum atomic E-state index is 5.35. The van der Waals surface area contributed by atoms with Gasteiger partial charge in [0, 0.05) is 10.4 Å². The lowest BCUT2D eigenvalue weighted by molar-refractivity contribution is 0.397. The van der Waals surface area contributed by atoms with E-state index in [9.17, 15) is 0 Å². The van der Waals surface area contributed by atoms with Crippen LogP contribution in [0, 0.1) is 6.92 Å². The summed E-state index contributed by atoms with van der Waals surface area (Å²) in [5.41, 5.74) is 1.50. The molecule has 0 aliphatic carbocycles. The van der Waals surface area contributed by atoms with Crippen LogP contribution in [0.2, 0.25) is 0 Å². The molecule has 0 aliphatic rings. The van der Waals surface area contributed by atoms with Gasteiger partial charge in [-0.2, -0.15) is 0 Å². The molecule has 0 unspecified atom stereocenters. The van der Waals surface area contributed by atoms with E-state index in [1.807, 2.05) is 0 Å². The molecule has 1 heterocycles. The van der Waals surface area contributed by atoms with Crippen LogP contribution in [0.4, 0.5) is 0 Å². The summed E-state index contributed by atoms with van der Waals surface area (Å²) in [4.78, 5) is 1.27. The van der Waals surface area contributed by atoms with Crippen molar-refractivity contribution >= 4 is 11.3 Å². The first kappa shape index (κ1) is 9.59. The number of hydrogen-bond acceptors (Lipinski definition) is 2. The smallest absolute Gasteiger partial charge is 0.136 e. The first-order chi connectivity index (χ1) is 5.46. The van der Waals surface area contributed by atoms with Crippen LogP contribution < -0.4 is 4.74 Å². The van der Waals surface area contributed by atoms with Crippen molar-refractivity contribution in [1.82, 2.24) is 0 Å². The Labute approximate surface area is 78.4 Å². The van der Waals surface area contributed by atoms with Crippen LogP contribution in [0.25, 0.3) is 0 Å². The molecular formula is C10H16OS. The molecule has 1 aromatic heterocycles. The molecule has 1 nitrogen and oxygen atoms in total. The van der Waals surface area contributed by atoms with Gasteiger partial charge in [0.15, 0.2) is 0 Å². The summed E-state index contributed by atoms with van der Waals surface area (Å²) in [7, 11) is 1.74. The molecular weight excluding hydrogens is 168 g/mol. The summed E-state index contributed by atoms with van der Waals surface area (Å²) in [6, 6.07) is 0. The highest BCUT2D eigenvalue weighted by Crippen LogP contribution is 2.37. The van der Waals surface area contributed by atoms with Crippen LogP contribution in [0.1, 0.15) is 31.2 Å². The minimum atomic E-state index is 0.191. The van der Waals surface area contributed by atoms with E-state index in [0.717, 1.165) is 5.75 Å². The van der Waals surface area contributed by atoms with Gasteiger partial charge in [0.25, 0.3) is 0 Å². The highest BCUT2D eigenvalue weighted by molar-refractivity contribution is 7.10. The minimum absolute atomic E-state index is 0.191. The van der Waals surface area contributed by atoms with Gasteiger partial charge in [0.05, 0.1) is 7.11 Å². The van der Waals surface area contributed by atoms with E-state index in [1.54, 1.807) is 18.4 Å². The lowest BCUT2D eigenvalue weighted by Gasteiger charge is -2.18. The Bertz CT molecular complexity index is 268. The summed E-state index contributed by atoms with van der Waals surface area (Å²) < 4.78 is 5.35. The third-order valence-electron chi connectivity index (χ3n) is 1.93. The zero-order valence-electron chi connectivity index (χ0n) is 8.39. The standard InChI is InChI=1S/C10H16OS/c1-7-9(11-5)8(6-12-7)10(2,3)4/h6H,1-5H3. The molecule has 12 heavy (non-hydrogen) atoms. The maximum absolute atomic E-state index is 5.35. The molecule has 0 fully saturated rings. The van der Waals surface area contributed by atoms with Gasteiger partial charge in [0.1, 0.15) is 5.75 Å². The molecule has 0 atom stereocenters. The topological polar surface area (TPSA) is 9.23 Å². The fourth-order valence-electron chi connectivity index (χ4n) is 1.22. The number of thiophene rings is 1. The number of hydrogen-bond donors (Lipinski definition) is 0. The van der Waals surface area contributed by atoms with Crippen molar-refractivity contribution in [3.8, 4) is 5.75 Å². The molecule has 0 spiro atoms. The number of methoxy groups -OCH3 is 1. The van der Waals surface area contributed by atoms with Crippen LogP contribution >= 0.6 is 11.3 Å². The van der Waals surface area contributed by atoms with Crippen molar-refractivity contribution in [2.75, 3.05) is 7.11 Å². The summed E-state index contributed by atoms with van der Waals surface area (Å²) in [5.74, 6) is 1.06. The molecule has 0 radical (unpaired) electrons. The van der Waals surface area contributed by atoms with Gasteiger partial charge in [-0.25, -0.2) is 0 Å². The van der Waals surface area contributed by atoms with Crippen molar-refractivity contribution < 1.29 is 4.74 Å². The van der Waals surface area contributed by atoms with Crippen LogP contribution in [-0.2, 0) is 5.41 Å². The van der Waals surface area contributed by atoms with Gasteiger partial charge in [0.2, 0.25) is 0 Å². The number of rotatable bonds is 1. The molecule has 0 saturated carbocycles. The fraction of sp³-hybridized carbons (Fsp3) is 0.600. The van der Waals surface area contributed by atoms with E-state index in [0.29, 0.717) is 0 Å². The predicted molar refractivity (Wildman–Crippen MR) is 54.3 cm³/mol. The van der Waals surface area contributed by atoms with Crippen LogP contribution in [-0.4, -0.2) is 7.11 Å². The second-order valence-corrected chi connectivity index (χ2v) is 5.07. The van der Waals surface area contributed by atoms with Crippen LogP contribution in [0.3, 0.4) is 0 Å². The molecule has 0 amide bonds. The van der Waals surface area contributed by atoms with Crippen molar-refractivity contribution in [3.05, 3.63) is 15.8 Å². The first-order valence-corrected chi connectivity index (χ1v) is 4.97. The van der Waals surface area contributed by atoms with Gasteiger partial charge < -0.3 is 4.74 Å². The SMILES string of the molecule is COc1c(C(C)(C)C)csc1C. The maximum Gasteiger partial charge on any atom is 0.136 e. The summed E-state index contributed by atoms with van der Waals surface area (Å²) >= 11 is 1.76. The van der Waals surface area contributed by atoms with Gasteiger partial charge in [-0.15, -0.1) is 11.3 Å². The molecule has 1 aromatic rings. The molecule has 0 aliphatic heterocycles. The molecule has 2 heteroatoms. The van der Waals surface area contributed by atoms with Gasteiger partial charge in [-0.3, -0.25) is 0 Å². The third kappa shape index (κ3) is 1.63. The minimum Gasteiger partial charge on any atom is -0.495 e. The molecule has 68 valence electrons. The zero-order chi connectivity index (χ0) is 9.35. The van der Waals surface area contributed by atoms with Crippen molar-refractivity contribution in [3.63, 3.8) is 0 Å². The van der Waals surface area contributed by atoms with Gasteiger partial charge in [-0.1, -0.05) is 20.8 Å². The second kappa shape index (κ2) is 3.09. The Morgan fingerprint density at radius 2 is 1.92 bits per heavy atom. The average molecular weight is 184 g/mol. The highest BCUT2D eigenvalue weighted by Gasteiger charge is 2.21. The largest absolute Gasteiger partial charge is 0.495 e. The Morgan fingerprint density at radius 1 is 1.33 bits per heavy atom. The average Bonchev–Trinajstić information content (AvgIpc) is 2.29. The summed E-state index contributed by atoms with van der Waals surface area (Å²) in [6.45, 7) is 8.71. The highest BCUT2D eigenvalue weighted by atomic mass is 32.1. The van der Waals surface area contributed by atoms with Crippen LogP contribution in [0.15, 0.2) is 5.38 Å². The first-order valence-electron chi connectivity index (χ1n) is 4.09. The predicted octanol–water partition coefficient (Wildman–Crippen LogP) is 3.36. The van der Waals surface area contributed by atoms with Crippen molar-refractivity contribution in [2.24, 2.45) is 0 Å². The molecule has 0 aromatic carbocycles. The lowest BCUT2D eigenvalue weighted by Crippen LogP contribution is -2.11. The monoisotopic (exact) mass is 184 g/mol. The van der Waals surface area contributed by atoms with Crippen molar-refractivity contribution in [2.45, 2.75) is 33.1 Å². The van der Waals surface area contributed by atoms with E-state index in [4.69, 9.17) is 4.74 Å². The van der Waals surface area contributed by atoms with E-state index in [-0.39, 0.29) is 5.41 Å². The third-order valence-corrected chi connectivity index (χ3v) is 2.82. The van der Waals surface area contributed by atoms with Crippen LogP contribution in [0.5, 0.6) is 5.75 Å². The molecule has 0 saturated heterocycles. The zero-order valence-corrected chi connectivity index (χ0v) is 9.21. The molecule has 1 rings (SSSR count). The van der Waals surface area contributed by atoms with E-state index >= 15 is 0 Å². The normalized spacial score (nSPS) is 11.8. The fourth-order valence-corrected chi connectivity index (χ4v) is 2.27. The molecule has 0 N–H and O–H groups in total. The Balaban J connectivity index is 3.16. The Hall–Kier alpha value is -0.500. The second-order valence-electron chi connectivity index (χ2n) is 3.99. The lowest BCUT2D eigenvalue weighted by atomic mass is 9.88. The van der Waals surface area contributed by atoms with E-state index in [2.05, 4.69) is 33.1 Å². The Morgan fingerprint density at radius 3 is 2.25 bits per heavy atom. The van der Waals surface area contributed by atoms with Gasteiger partial charge in [-0.05, 0) is 17.7 Å². The van der Waals surface area contributed by atoms with Crippen molar-refractivity contribution in [1.29, 1.82) is 0 Å².